The third kappa shape index (κ3) is 4.40. The summed E-state index contributed by atoms with van der Waals surface area (Å²) in [5.41, 5.74) is 1.48. The van der Waals surface area contributed by atoms with Crippen LogP contribution in [0.25, 0.3) is 11.3 Å². The Morgan fingerprint density at radius 1 is 1.04 bits per heavy atom. The summed E-state index contributed by atoms with van der Waals surface area (Å²) in [5.74, 6) is 2.26. The summed E-state index contributed by atoms with van der Waals surface area (Å²) in [6.07, 6.45) is 0. The van der Waals surface area contributed by atoms with Gasteiger partial charge in [0.05, 0.1) is 32.8 Å². The van der Waals surface area contributed by atoms with E-state index in [1.54, 1.807) is 26.4 Å². The molecule has 2 heterocycles. The third-order valence-corrected chi connectivity index (χ3v) is 4.68. The first-order valence-corrected chi connectivity index (χ1v) is 8.99. The number of benzene rings is 1. The number of rotatable bonds is 7. The van der Waals surface area contributed by atoms with Crippen LogP contribution in [0.2, 0.25) is 0 Å². The van der Waals surface area contributed by atoms with Crippen LogP contribution in [0.1, 0.15) is 16.3 Å². The fourth-order valence-corrected chi connectivity index (χ4v) is 3.07. The fraction of sp³-hybridized carbons (Fsp3) is 0.211. The first kappa shape index (κ1) is 18.8. The van der Waals surface area contributed by atoms with Crippen molar-refractivity contribution in [3.63, 3.8) is 0 Å². The van der Waals surface area contributed by atoms with Gasteiger partial charge < -0.3 is 18.6 Å². The predicted octanol–water partition coefficient (Wildman–Crippen LogP) is 3.83. The van der Waals surface area contributed by atoms with Gasteiger partial charge in [0.1, 0.15) is 22.3 Å². The van der Waals surface area contributed by atoms with Gasteiger partial charge in [-0.15, -0.1) is 10.2 Å². The zero-order chi connectivity index (χ0) is 19.2. The number of hydrogen-bond acceptors (Lipinski definition) is 8. The maximum Gasteiger partial charge on any atom is 0.373 e. The smallest absolute Gasteiger partial charge is 0.373 e. The predicted molar refractivity (Wildman–Crippen MR) is 100 cm³/mol. The van der Waals surface area contributed by atoms with Gasteiger partial charge in [0.2, 0.25) is 5.76 Å². The molecule has 0 fully saturated rings. The number of ether oxygens (including phenoxy) is 3. The second-order valence-corrected chi connectivity index (χ2v) is 6.36. The van der Waals surface area contributed by atoms with Crippen LogP contribution in [0.3, 0.4) is 0 Å². The lowest BCUT2D eigenvalue weighted by molar-refractivity contribution is 0.0563. The molecule has 3 rings (SSSR count). The molecule has 1 aromatic carbocycles. The van der Waals surface area contributed by atoms with Gasteiger partial charge in [-0.25, -0.2) is 4.79 Å². The quantitative estimate of drug-likeness (QED) is 0.447. The number of aromatic nitrogens is 2. The number of furan rings is 1. The number of esters is 1. The summed E-state index contributed by atoms with van der Waals surface area (Å²) < 4.78 is 20.7. The van der Waals surface area contributed by atoms with Crippen LogP contribution in [0.5, 0.6) is 11.5 Å². The monoisotopic (exact) mass is 386 g/mol. The van der Waals surface area contributed by atoms with Gasteiger partial charge in [0.15, 0.2) is 0 Å². The van der Waals surface area contributed by atoms with E-state index in [1.165, 1.54) is 18.9 Å². The van der Waals surface area contributed by atoms with E-state index < -0.39 is 5.97 Å². The SMILES string of the molecule is COC(=O)c1ccc(CSc2ccc(-c3cc(OC)ccc3OC)nn2)o1. The van der Waals surface area contributed by atoms with Crippen molar-refractivity contribution in [1.29, 1.82) is 0 Å². The summed E-state index contributed by atoms with van der Waals surface area (Å²) >= 11 is 1.45. The normalized spacial score (nSPS) is 10.5. The van der Waals surface area contributed by atoms with Crippen molar-refractivity contribution in [2.75, 3.05) is 21.3 Å². The van der Waals surface area contributed by atoms with Crippen LogP contribution >= 0.6 is 11.8 Å². The highest BCUT2D eigenvalue weighted by atomic mass is 32.2. The van der Waals surface area contributed by atoms with Gasteiger partial charge in [-0.2, -0.15) is 0 Å². The molecule has 8 heteroatoms. The molecule has 0 amide bonds. The zero-order valence-corrected chi connectivity index (χ0v) is 15.9. The van der Waals surface area contributed by atoms with Crippen molar-refractivity contribution in [2.45, 2.75) is 10.8 Å². The third-order valence-electron chi connectivity index (χ3n) is 3.73. The van der Waals surface area contributed by atoms with Gasteiger partial charge in [-0.1, -0.05) is 11.8 Å². The Morgan fingerprint density at radius 3 is 2.56 bits per heavy atom. The Morgan fingerprint density at radius 2 is 1.89 bits per heavy atom. The van der Waals surface area contributed by atoms with E-state index in [1.807, 2.05) is 30.3 Å². The summed E-state index contributed by atoms with van der Waals surface area (Å²) in [5, 5.41) is 9.26. The Balaban J connectivity index is 1.71. The summed E-state index contributed by atoms with van der Waals surface area (Å²) in [6.45, 7) is 0. The molecular weight excluding hydrogens is 368 g/mol. The number of thioether (sulfide) groups is 1. The van der Waals surface area contributed by atoms with Crippen molar-refractivity contribution in [1.82, 2.24) is 10.2 Å². The highest BCUT2D eigenvalue weighted by Gasteiger charge is 2.12. The largest absolute Gasteiger partial charge is 0.497 e. The summed E-state index contributed by atoms with van der Waals surface area (Å²) in [6, 6.07) is 12.6. The number of methoxy groups -OCH3 is 3. The second-order valence-electron chi connectivity index (χ2n) is 5.37. The molecule has 0 N–H and O–H groups in total. The summed E-state index contributed by atoms with van der Waals surface area (Å²) in [4.78, 5) is 11.4. The number of carbonyl (C=O) groups is 1. The molecular formula is C19H18N2O5S. The van der Waals surface area contributed by atoms with Crippen molar-refractivity contribution in [2.24, 2.45) is 0 Å². The van der Waals surface area contributed by atoms with Gasteiger partial charge >= 0.3 is 5.97 Å². The first-order valence-electron chi connectivity index (χ1n) is 8.00. The number of nitrogens with zero attached hydrogens (tertiary/aromatic N) is 2. The molecule has 0 aliphatic rings. The maximum absolute atomic E-state index is 11.4. The van der Waals surface area contributed by atoms with Crippen molar-refractivity contribution in [3.8, 4) is 22.8 Å². The Hall–Kier alpha value is -3.00. The molecule has 0 aliphatic carbocycles. The molecule has 0 saturated carbocycles. The average Bonchev–Trinajstić information content (AvgIpc) is 3.20. The summed E-state index contributed by atoms with van der Waals surface area (Å²) in [7, 11) is 4.53. The average molecular weight is 386 g/mol. The van der Waals surface area contributed by atoms with E-state index in [4.69, 9.17) is 13.9 Å². The van der Waals surface area contributed by atoms with Crippen LogP contribution < -0.4 is 9.47 Å². The minimum atomic E-state index is -0.498. The fourth-order valence-electron chi connectivity index (χ4n) is 2.37. The first-order chi connectivity index (χ1) is 13.1. The Bertz CT molecular complexity index is 924. The van der Waals surface area contributed by atoms with Crippen LogP contribution in [-0.4, -0.2) is 37.5 Å². The lowest BCUT2D eigenvalue weighted by Crippen LogP contribution is -1.98. The number of carbonyl (C=O) groups excluding carboxylic acids is 1. The van der Waals surface area contributed by atoms with E-state index in [9.17, 15) is 4.79 Å². The molecule has 3 aromatic rings. The molecule has 140 valence electrons. The molecule has 2 aromatic heterocycles. The highest BCUT2D eigenvalue weighted by molar-refractivity contribution is 7.98. The van der Waals surface area contributed by atoms with Gasteiger partial charge in [0.25, 0.3) is 0 Å². The van der Waals surface area contributed by atoms with Crippen LogP contribution in [0, 0.1) is 0 Å². The molecule has 0 bridgehead atoms. The van der Waals surface area contributed by atoms with E-state index in [-0.39, 0.29) is 5.76 Å². The topological polar surface area (TPSA) is 83.7 Å². The van der Waals surface area contributed by atoms with E-state index >= 15 is 0 Å². The number of hydrogen-bond donors (Lipinski definition) is 0. The lowest BCUT2D eigenvalue weighted by Gasteiger charge is -2.09. The lowest BCUT2D eigenvalue weighted by atomic mass is 10.1. The molecule has 0 spiro atoms. The maximum atomic E-state index is 11.4. The highest BCUT2D eigenvalue weighted by Crippen LogP contribution is 2.32. The van der Waals surface area contributed by atoms with E-state index in [0.717, 1.165) is 10.6 Å². The standard InChI is InChI=1S/C19H18N2O5S/c1-23-12-4-7-16(24-2)14(10-12)15-6-9-18(21-20-15)27-11-13-5-8-17(26-13)19(22)25-3/h4-10H,11H2,1-3H3. The van der Waals surface area contributed by atoms with Crippen LogP contribution in [-0.2, 0) is 10.5 Å². The minimum Gasteiger partial charge on any atom is -0.497 e. The Kier molecular flexibility index (Phi) is 5.97. The van der Waals surface area contributed by atoms with E-state index in [2.05, 4.69) is 14.9 Å². The van der Waals surface area contributed by atoms with E-state index in [0.29, 0.717) is 28.7 Å². The van der Waals surface area contributed by atoms with Crippen molar-refractivity contribution < 1.29 is 23.4 Å². The molecule has 0 radical (unpaired) electrons. The molecule has 0 aliphatic heterocycles. The van der Waals surface area contributed by atoms with Gasteiger partial charge in [-0.3, -0.25) is 0 Å². The van der Waals surface area contributed by atoms with Crippen molar-refractivity contribution >= 4 is 17.7 Å². The molecule has 0 saturated heterocycles. The van der Waals surface area contributed by atoms with Crippen molar-refractivity contribution in [3.05, 3.63) is 54.0 Å². The zero-order valence-electron chi connectivity index (χ0n) is 15.1. The van der Waals surface area contributed by atoms with Gasteiger partial charge in [-0.05, 0) is 42.5 Å². The molecule has 27 heavy (non-hydrogen) atoms. The van der Waals surface area contributed by atoms with Gasteiger partial charge in [0, 0.05) is 5.56 Å². The molecule has 0 atom stereocenters. The molecule has 0 unspecified atom stereocenters. The second kappa shape index (κ2) is 8.59. The van der Waals surface area contributed by atoms with Crippen LogP contribution in [0.4, 0.5) is 0 Å². The van der Waals surface area contributed by atoms with Crippen LogP contribution in [0.15, 0.2) is 51.9 Å². The minimum absolute atomic E-state index is 0.180. The Labute approximate surface area is 160 Å². The molecule has 7 nitrogen and oxygen atoms in total.